The molecule has 1 heterocycles. The molecule has 0 unspecified atom stereocenters. The molecule has 2 aromatic carbocycles. The van der Waals surface area contributed by atoms with Crippen molar-refractivity contribution in [1.82, 2.24) is 10.5 Å². The van der Waals surface area contributed by atoms with E-state index in [9.17, 15) is 13.6 Å². The van der Waals surface area contributed by atoms with Gasteiger partial charge >= 0.3 is 6.61 Å². The Morgan fingerprint density at radius 2 is 1.93 bits per heavy atom. The minimum Gasteiger partial charge on any atom is -0.493 e. The number of carbonyl (C=O) groups excluding carboxylic acids is 1. The summed E-state index contributed by atoms with van der Waals surface area (Å²) in [4.78, 5) is 12.7. The van der Waals surface area contributed by atoms with Crippen LogP contribution in [0.15, 0.2) is 53.1 Å². The van der Waals surface area contributed by atoms with Gasteiger partial charge in [0.1, 0.15) is 17.0 Å². The highest BCUT2D eigenvalue weighted by Crippen LogP contribution is 2.29. The first-order valence-electron chi connectivity index (χ1n) is 8.91. The third kappa shape index (κ3) is 4.90. The van der Waals surface area contributed by atoms with Gasteiger partial charge in [-0.3, -0.25) is 4.79 Å². The van der Waals surface area contributed by atoms with Crippen LogP contribution in [-0.4, -0.2) is 31.3 Å². The number of aromatic nitrogens is 1. The van der Waals surface area contributed by atoms with E-state index in [-0.39, 0.29) is 17.4 Å². The lowest BCUT2D eigenvalue weighted by Crippen LogP contribution is -2.26. The van der Waals surface area contributed by atoms with Gasteiger partial charge in [0.2, 0.25) is 0 Å². The molecule has 0 bridgehead atoms. The summed E-state index contributed by atoms with van der Waals surface area (Å²) in [5.41, 5.74) is 2.45. The third-order valence-corrected chi connectivity index (χ3v) is 4.28. The molecule has 0 saturated carbocycles. The maximum absolute atomic E-state index is 12.7. The summed E-state index contributed by atoms with van der Waals surface area (Å²) in [7, 11) is 1.37. The largest absolute Gasteiger partial charge is 0.493 e. The van der Waals surface area contributed by atoms with E-state index >= 15 is 0 Å². The molecule has 1 amide bonds. The second kappa shape index (κ2) is 9.18. The van der Waals surface area contributed by atoms with Gasteiger partial charge in [0.25, 0.3) is 5.91 Å². The number of hydrogen-bond donors (Lipinski definition) is 1. The maximum Gasteiger partial charge on any atom is 0.387 e. The molecule has 0 radical (unpaired) electrons. The molecule has 0 aliphatic heterocycles. The molecule has 0 atom stereocenters. The van der Waals surface area contributed by atoms with E-state index in [1.807, 2.05) is 30.3 Å². The van der Waals surface area contributed by atoms with E-state index in [1.165, 1.54) is 13.2 Å². The number of aryl methyl sites for hydroxylation is 1. The van der Waals surface area contributed by atoms with E-state index in [2.05, 4.69) is 15.2 Å². The number of methoxy groups -OCH3 is 1. The molecule has 29 heavy (non-hydrogen) atoms. The molecule has 3 aromatic rings. The van der Waals surface area contributed by atoms with Crippen LogP contribution in [0.3, 0.4) is 0 Å². The van der Waals surface area contributed by atoms with Gasteiger partial charge in [0.05, 0.1) is 7.11 Å². The lowest BCUT2D eigenvalue weighted by Gasteiger charge is -2.12. The van der Waals surface area contributed by atoms with E-state index in [1.54, 1.807) is 19.1 Å². The lowest BCUT2D eigenvalue weighted by molar-refractivity contribution is -0.0512. The Bertz CT molecular complexity index is 974. The van der Waals surface area contributed by atoms with Crippen molar-refractivity contribution >= 4 is 5.91 Å². The average Bonchev–Trinajstić information content (AvgIpc) is 3.10. The predicted octanol–water partition coefficient (Wildman–Crippen LogP) is 4.23. The van der Waals surface area contributed by atoms with Gasteiger partial charge in [-0.1, -0.05) is 41.6 Å². The van der Waals surface area contributed by atoms with Gasteiger partial charge in [-0.05, 0) is 31.0 Å². The second-order valence-corrected chi connectivity index (χ2v) is 6.20. The molecular weight excluding hydrogens is 382 g/mol. The number of ether oxygens (including phenoxy) is 2. The van der Waals surface area contributed by atoms with Crippen LogP contribution in [0.2, 0.25) is 0 Å². The van der Waals surface area contributed by atoms with Gasteiger partial charge < -0.3 is 19.3 Å². The second-order valence-electron chi connectivity index (χ2n) is 6.20. The fourth-order valence-electron chi connectivity index (χ4n) is 2.90. The van der Waals surface area contributed by atoms with Crippen molar-refractivity contribution in [2.75, 3.05) is 13.7 Å². The van der Waals surface area contributed by atoms with Crippen LogP contribution in [0.5, 0.6) is 11.5 Å². The van der Waals surface area contributed by atoms with E-state index in [4.69, 9.17) is 9.26 Å². The average molecular weight is 402 g/mol. The van der Waals surface area contributed by atoms with Crippen molar-refractivity contribution in [2.24, 2.45) is 0 Å². The van der Waals surface area contributed by atoms with Crippen molar-refractivity contribution in [3.8, 4) is 22.8 Å². The van der Waals surface area contributed by atoms with Crippen LogP contribution in [0.25, 0.3) is 11.3 Å². The molecule has 152 valence electrons. The first-order chi connectivity index (χ1) is 14.0. The summed E-state index contributed by atoms with van der Waals surface area (Å²) in [5, 5.41) is 6.84. The highest BCUT2D eigenvalue weighted by Gasteiger charge is 2.21. The summed E-state index contributed by atoms with van der Waals surface area (Å²) in [5.74, 6) is 0.294. The summed E-state index contributed by atoms with van der Waals surface area (Å²) in [6.45, 7) is -0.920. The zero-order valence-corrected chi connectivity index (χ0v) is 15.9. The fourth-order valence-corrected chi connectivity index (χ4v) is 2.90. The van der Waals surface area contributed by atoms with Gasteiger partial charge in [-0.25, -0.2) is 0 Å². The van der Waals surface area contributed by atoms with Crippen LogP contribution < -0.4 is 14.8 Å². The van der Waals surface area contributed by atoms with Crippen LogP contribution in [0.1, 0.15) is 21.7 Å². The standard InChI is InChI=1S/C21H20F2N2O4/c1-13-18(19(25-29-13)15-6-4-3-5-7-15)20(26)24-11-10-14-8-9-16(28-21(22)23)17(12-14)27-2/h3-9,12,21H,10-11H2,1-2H3,(H,24,26). The number of benzene rings is 2. The summed E-state index contributed by atoms with van der Waals surface area (Å²) >= 11 is 0. The van der Waals surface area contributed by atoms with E-state index < -0.39 is 6.61 Å². The molecule has 0 aliphatic rings. The SMILES string of the molecule is COc1cc(CCNC(=O)c2c(-c3ccccc3)noc2C)ccc1OC(F)F. The van der Waals surface area contributed by atoms with Gasteiger partial charge in [0, 0.05) is 12.1 Å². The molecule has 6 nitrogen and oxygen atoms in total. The first kappa shape index (κ1) is 20.3. The molecule has 0 aliphatic carbocycles. The Labute approximate surface area is 166 Å². The molecular formula is C21H20F2N2O4. The normalized spacial score (nSPS) is 10.8. The Hall–Kier alpha value is -3.42. The van der Waals surface area contributed by atoms with Crippen molar-refractivity contribution in [1.29, 1.82) is 0 Å². The number of rotatable bonds is 8. The summed E-state index contributed by atoms with van der Waals surface area (Å²) in [6.07, 6.45) is 0.474. The Kier molecular flexibility index (Phi) is 6.43. The highest BCUT2D eigenvalue weighted by molar-refractivity contribution is 6.00. The number of halogens is 2. The highest BCUT2D eigenvalue weighted by atomic mass is 19.3. The van der Waals surface area contributed by atoms with Crippen molar-refractivity contribution in [3.05, 3.63) is 65.4 Å². The topological polar surface area (TPSA) is 73.6 Å². The maximum atomic E-state index is 12.7. The van der Waals surface area contributed by atoms with Crippen molar-refractivity contribution in [2.45, 2.75) is 20.0 Å². The Morgan fingerprint density at radius 3 is 2.62 bits per heavy atom. The van der Waals surface area contributed by atoms with Crippen LogP contribution >= 0.6 is 0 Å². The summed E-state index contributed by atoms with van der Waals surface area (Å²) < 4.78 is 39.5. The van der Waals surface area contributed by atoms with Gasteiger partial charge in [0.15, 0.2) is 11.5 Å². The zero-order valence-electron chi connectivity index (χ0n) is 15.9. The van der Waals surface area contributed by atoms with E-state index in [0.29, 0.717) is 30.0 Å². The van der Waals surface area contributed by atoms with Gasteiger partial charge in [-0.2, -0.15) is 8.78 Å². The molecule has 1 aromatic heterocycles. The number of nitrogens with zero attached hydrogens (tertiary/aromatic N) is 1. The Balaban J connectivity index is 1.66. The Morgan fingerprint density at radius 1 is 1.17 bits per heavy atom. The molecule has 0 spiro atoms. The third-order valence-electron chi connectivity index (χ3n) is 4.28. The monoisotopic (exact) mass is 402 g/mol. The molecule has 1 N–H and O–H groups in total. The van der Waals surface area contributed by atoms with Crippen LogP contribution in [0, 0.1) is 6.92 Å². The minimum atomic E-state index is -2.93. The van der Waals surface area contributed by atoms with Crippen LogP contribution in [-0.2, 0) is 6.42 Å². The van der Waals surface area contributed by atoms with E-state index in [0.717, 1.165) is 11.1 Å². The molecule has 0 fully saturated rings. The molecule has 3 rings (SSSR count). The number of carbonyl (C=O) groups is 1. The fraction of sp³-hybridized carbons (Fsp3) is 0.238. The number of alkyl halides is 2. The first-order valence-corrected chi connectivity index (χ1v) is 8.91. The minimum absolute atomic E-state index is 0.0390. The molecule has 8 heteroatoms. The molecule has 0 saturated heterocycles. The number of nitrogens with one attached hydrogen (secondary N) is 1. The van der Waals surface area contributed by atoms with Crippen molar-refractivity contribution in [3.63, 3.8) is 0 Å². The quantitative estimate of drug-likeness (QED) is 0.610. The zero-order chi connectivity index (χ0) is 20.8. The van der Waals surface area contributed by atoms with Crippen molar-refractivity contribution < 1.29 is 27.6 Å². The predicted molar refractivity (Wildman–Crippen MR) is 102 cm³/mol. The summed E-state index contributed by atoms with van der Waals surface area (Å²) in [6, 6.07) is 14.0. The number of hydrogen-bond acceptors (Lipinski definition) is 5. The van der Waals surface area contributed by atoms with Crippen LogP contribution in [0.4, 0.5) is 8.78 Å². The smallest absolute Gasteiger partial charge is 0.387 e. The lowest BCUT2D eigenvalue weighted by atomic mass is 10.1. The number of amides is 1. The van der Waals surface area contributed by atoms with Gasteiger partial charge in [-0.15, -0.1) is 0 Å².